The highest BCUT2D eigenvalue weighted by Gasteiger charge is 2.15. The molecule has 5 nitrogen and oxygen atoms in total. The van der Waals surface area contributed by atoms with E-state index in [0.29, 0.717) is 0 Å². The average Bonchev–Trinajstić information content (AvgIpc) is 2.30. The van der Waals surface area contributed by atoms with Gasteiger partial charge < -0.3 is 5.73 Å². The molecule has 74 valence electrons. The van der Waals surface area contributed by atoms with E-state index in [9.17, 15) is 8.42 Å². The Kier molecular flexibility index (Phi) is 2.72. The van der Waals surface area contributed by atoms with E-state index in [2.05, 4.69) is 5.10 Å². The predicted octanol–water partition coefficient (Wildman–Crippen LogP) is -0.535. The number of nitrogens with two attached hydrogens (primary N) is 1. The fourth-order valence-electron chi connectivity index (χ4n) is 1.16. The molecule has 2 N–H and O–H groups in total. The Labute approximate surface area is 77.5 Å². The number of sulfone groups is 1. The first kappa shape index (κ1) is 10.2. The molecule has 1 aromatic heterocycles. The Morgan fingerprint density at radius 2 is 2.31 bits per heavy atom. The Morgan fingerprint density at radius 3 is 2.69 bits per heavy atom. The lowest BCUT2D eigenvalue weighted by atomic mass is 10.2. The van der Waals surface area contributed by atoms with E-state index in [1.807, 2.05) is 0 Å². The van der Waals surface area contributed by atoms with Gasteiger partial charge in [0.2, 0.25) is 0 Å². The first-order chi connectivity index (χ1) is 5.90. The van der Waals surface area contributed by atoms with Crippen molar-refractivity contribution in [1.29, 1.82) is 0 Å². The first-order valence-corrected chi connectivity index (χ1v) is 5.87. The fourth-order valence-corrected chi connectivity index (χ4v) is 1.98. The van der Waals surface area contributed by atoms with Gasteiger partial charge in [-0.15, -0.1) is 0 Å². The van der Waals surface area contributed by atoms with Crippen molar-refractivity contribution in [3.05, 3.63) is 18.0 Å². The molecule has 0 aliphatic carbocycles. The highest BCUT2D eigenvalue weighted by atomic mass is 32.2. The quantitative estimate of drug-likeness (QED) is 0.716. The third kappa shape index (κ3) is 2.82. The second-order valence-electron chi connectivity index (χ2n) is 3.08. The molecule has 0 aromatic carbocycles. The second-order valence-corrected chi connectivity index (χ2v) is 5.26. The minimum atomic E-state index is -3.03. The van der Waals surface area contributed by atoms with Gasteiger partial charge in [-0.25, -0.2) is 8.42 Å². The zero-order chi connectivity index (χ0) is 10.1. The Bertz CT molecular complexity index is 382. The van der Waals surface area contributed by atoms with Crippen molar-refractivity contribution in [3.8, 4) is 0 Å². The fraction of sp³-hybridized carbons (Fsp3) is 0.571. The van der Waals surface area contributed by atoms with Gasteiger partial charge in [-0.2, -0.15) is 5.10 Å². The molecule has 0 saturated heterocycles. The highest BCUT2D eigenvalue weighted by Crippen LogP contribution is 2.09. The minimum Gasteiger partial charge on any atom is -0.322 e. The molecule has 0 bridgehead atoms. The maximum atomic E-state index is 10.9. The molecule has 1 aromatic rings. The van der Waals surface area contributed by atoms with E-state index >= 15 is 0 Å². The lowest BCUT2D eigenvalue weighted by molar-refractivity contribution is 0.587. The van der Waals surface area contributed by atoms with Crippen LogP contribution in [0.4, 0.5) is 0 Å². The van der Waals surface area contributed by atoms with E-state index in [1.165, 1.54) is 6.26 Å². The van der Waals surface area contributed by atoms with Gasteiger partial charge in [-0.3, -0.25) is 4.68 Å². The van der Waals surface area contributed by atoms with Crippen molar-refractivity contribution in [3.63, 3.8) is 0 Å². The molecule has 0 fully saturated rings. The number of aryl methyl sites for hydroxylation is 1. The average molecular weight is 203 g/mol. The Balaban J connectivity index is 2.81. The van der Waals surface area contributed by atoms with E-state index < -0.39 is 15.9 Å². The van der Waals surface area contributed by atoms with Gasteiger partial charge in [-0.1, -0.05) is 0 Å². The van der Waals surface area contributed by atoms with Crippen molar-refractivity contribution in [2.24, 2.45) is 12.8 Å². The van der Waals surface area contributed by atoms with Crippen LogP contribution < -0.4 is 5.73 Å². The molecule has 0 aliphatic heterocycles. The molecule has 0 amide bonds. The van der Waals surface area contributed by atoms with Crippen LogP contribution in [-0.4, -0.2) is 30.2 Å². The minimum absolute atomic E-state index is 0.0491. The van der Waals surface area contributed by atoms with Crippen LogP contribution in [0.2, 0.25) is 0 Å². The summed E-state index contributed by atoms with van der Waals surface area (Å²) in [5.74, 6) is -0.0491. The van der Waals surface area contributed by atoms with Crippen LogP contribution in [0, 0.1) is 0 Å². The van der Waals surface area contributed by atoms with Crippen LogP contribution in [0.5, 0.6) is 0 Å². The highest BCUT2D eigenvalue weighted by molar-refractivity contribution is 7.90. The number of hydrogen-bond acceptors (Lipinski definition) is 4. The number of aromatic nitrogens is 2. The molecule has 0 spiro atoms. The van der Waals surface area contributed by atoms with Gasteiger partial charge >= 0.3 is 0 Å². The standard InChI is InChI=1S/C7H13N3O2S/c1-10-7(3-4-9-10)6(8)5-13(2,11)12/h3-4,6H,5,8H2,1-2H3. The molecular formula is C7H13N3O2S. The zero-order valence-electron chi connectivity index (χ0n) is 7.64. The molecule has 0 aliphatic rings. The smallest absolute Gasteiger partial charge is 0.149 e. The molecule has 0 saturated carbocycles. The summed E-state index contributed by atoms with van der Waals surface area (Å²) >= 11 is 0. The monoisotopic (exact) mass is 203 g/mol. The van der Waals surface area contributed by atoms with Gasteiger partial charge in [-0.05, 0) is 6.07 Å². The molecule has 1 atom stereocenters. The maximum Gasteiger partial charge on any atom is 0.149 e. The van der Waals surface area contributed by atoms with Gasteiger partial charge in [0.1, 0.15) is 9.84 Å². The normalized spacial score (nSPS) is 14.4. The summed E-state index contributed by atoms with van der Waals surface area (Å²) in [6.45, 7) is 0. The van der Waals surface area contributed by atoms with Crippen LogP contribution in [0.1, 0.15) is 11.7 Å². The molecule has 1 unspecified atom stereocenters. The van der Waals surface area contributed by atoms with Crippen LogP contribution in [-0.2, 0) is 16.9 Å². The number of hydrogen-bond donors (Lipinski definition) is 1. The van der Waals surface area contributed by atoms with Crippen LogP contribution in [0.3, 0.4) is 0 Å². The van der Waals surface area contributed by atoms with E-state index in [1.54, 1.807) is 24.0 Å². The maximum absolute atomic E-state index is 10.9. The van der Waals surface area contributed by atoms with Crippen molar-refractivity contribution in [1.82, 2.24) is 9.78 Å². The summed E-state index contributed by atoms with van der Waals surface area (Å²) in [5, 5.41) is 3.91. The topological polar surface area (TPSA) is 78.0 Å². The Hall–Kier alpha value is -0.880. The summed E-state index contributed by atoms with van der Waals surface area (Å²) in [6.07, 6.45) is 2.76. The first-order valence-electron chi connectivity index (χ1n) is 3.81. The molecule has 0 radical (unpaired) electrons. The van der Waals surface area contributed by atoms with Crippen molar-refractivity contribution >= 4 is 9.84 Å². The summed E-state index contributed by atoms with van der Waals surface area (Å²) in [6, 6.07) is 1.22. The van der Waals surface area contributed by atoms with Gasteiger partial charge in [0.05, 0.1) is 17.5 Å². The summed E-state index contributed by atoms with van der Waals surface area (Å²) < 4.78 is 23.5. The van der Waals surface area contributed by atoms with Crippen molar-refractivity contribution < 1.29 is 8.42 Å². The SMILES string of the molecule is Cn1nccc1C(N)CS(C)(=O)=O. The van der Waals surface area contributed by atoms with Crippen LogP contribution in [0.25, 0.3) is 0 Å². The lowest BCUT2D eigenvalue weighted by Crippen LogP contribution is -2.23. The third-order valence-electron chi connectivity index (χ3n) is 1.72. The molecule has 1 rings (SSSR count). The van der Waals surface area contributed by atoms with E-state index in [-0.39, 0.29) is 5.75 Å². The molecular weight excluding hydrogens is 190 g/mol. The molecule has 1 heterocycles. The summed E-state index contributed by atoms with van der Waals surface area (Å²) in [5.41, 5.74) is 6.41. The van der Waals surface area contributed by atoms with Crippen molar-refractivity contribution in [2.75, 3.05) is 12.0 Å². The zero-order valence-corrected chi connectivity index (χ0v) is 8.45. The number of rotatable bonds is 3. The third-order valence-corrected chi connectivity index (χ3v) is 2.69. The number of nitrogens with zero attached hydrogens (tertiary/aromatic N) is 2. The van der Waals surface area contributed by atoms with Gasteiger partial charge in [0.25, 0.3) is 0 Å². The van der Waals surface area contributed by atoms with E-state index in [0.717, 1.165) is 5.69 Å². The van der Waals surface area contributed by atoms with Crippen LogP contribution in [0.15, 0.2) is 12.3 Å². The Morgan fingerprint density at radius 1 is 1.69 bits per heavy atom. The lowest BCUT2D eigenvalue weighted by Gasteiger charge is -2.09. The predicted molar refractivity (Wildman–Crippen MR) is 49.8 cm³/mol. The molecule has 6 heteroatoms. The van der Waals surface area contributed by atoms with E-state index in [4.69, 9.17) is 5.73 Å². The molecule has 13 heavy (non-hydrogen) atoms. The second kappa shape index (κ2) is 3.47. The largest absolute Gasteiger partial charge is 0.322 e. The van der Waals surface area contributed by atoms with Crippen LogP contribution >= 0.6 is 0 Å². The van der Waals surface area contributed by atoms with Crippen molar-refractivity contribution in [2.45, 2.75) is 6.04 Å². The van der Waals surface area contributed by atoms with Gasteiger partial charge in [0, 0.05) is 19.5 Å². The van der Waals surface area contributed by atoms with Gasteiger partial charge in [0.15, 0.2) is 0 Å². The summed E-state index contributed by atoms with van der Waals surface area (Å²) in [4.78, 5) is 0. The summed E-state index contributed by atoms with van der Waals surface area (Å²) in [7, 11) is -1.30.